The number of halogens is 2. The third-order valence-electron chi connectivity index (χ3n) is 4.09. The van der Waals surface area contributed by atoms with Crippen LogP contribution >= 0.6 is 23.2 Å². The predicted molar refractivity (Wildman–Crippen MR) is 93.6 cm³/mol. The van der Waals surface area contributed by atoms with Crippen LogP contribution in [0.15, 0.2) is 47.5 Å². The van der Waals surface area contributed by atoms with Gasteiger partial charge in [-0.3, -0.25) is 9.69 Å². The van der Waals surface area contributed by atoms with E-state index < -0.39 is 5.54 Å². The lowest BCUT2D eigenvalue weighted by atomic mass is 9.89. The quantitative estimate of drug-likeness (QED) is 0.900. The van der Waals surface area contributed by atoms with Gasteiger partial charge in [0.15, 0.2) is 11.5 Å². The fourth-order valence-corrected chi connectivity index (χ4v) is 3.10. The van der Waals surface area contributed by atoms with Gasteiger partial charge in [-0.2, -0.15) is 0 Å². The van der Waals surface area contributed by atoms with E-state index in [1.807, 2.05) is 36.4 Å². The first kappa shape index (κ1) is 15.8. The van der Waals surface area contributed by atoms with Crippen LogP contribution in [0.25, 0.3) is 11.1 Å². The Kier molecular flexibility index (Phi) is 3.82. The highest BCUT2D eigenvalue weighted by Crippen LogP contribution is 2.37. The van der Waals surface area contributed by atoms with E-state index >= 15 is 0 Å². The van der Waals surface area contributed by atoms with Gasteiger partial charge in [-0.05, 0) is 30.2 Å². The zero-order valence-electron chi connectivity index (χ0n) is 12.7. The Balaban J connectivity index is 2.12. The molecule has 2 aromatic carbocycles. The summed E-state index contributed by atoms with van der Waals surface area (Å²) in [5.74, 6) is 0.0491. The van der Waals surface area contributed by atoms with Gasteiger partial charge in [0.05, 0.1) is 10.0 Å². The van der Waals surface area contributed by atoms with E-state index in [4.69, 9.17) is 28.9 Å². The van der Waals surface area contributed by atoms with E-state index in [2.05, 4.69) is 4.99 Å². The third-order valence-corrected chi connectivity index (χ3v) is 4.91. The molecule has 23 heavy (non-hydrogen) atoms. The highest BCUT2D eigenvalue weighted by Gasteiger charge is 2.43. The molecular formula is C17H15Cl2N3O. The molecule has 0 aliphatic carbocycles. The Morgan fingerprint density at radius 2 is 1.87 bits per heavy atom. The minimum absolute atomic E-state index is 0.163. The number of rotatable bonds is 2. The molecule has 1 aliphatic rings. The summed E-state index contributed by atoms with van der Waals surface area (Å²) in [7, 11) is 1.62. The van der Waals surface area contributed by atoms with Crippen molar-refractivity contribution in [2.45, 2.75) is 12.5 Å². The minimum atomic E-state index is -1.03. The summed E-state index contributed by atoms with van der Waals surface area (Å²) in [5.41, 5.74) is 7.19. The topological polar surface area (TPSA) is 58.7 Å². The average Bonchev–Trinajstić information content (AvgIpc) is 2.74. The molecule has 1 amide bonds. The molecule has 1 atom stereocenters. The number of aliphatic imine (C=N–C) groups is 1. The maximum atomic E-state index is 12.5. The van der Waals surface area contributed by atoms with Crippen molar-refractivity contribution in [3.63, 3.8) is 0 Å². The van der Waals surface area contributed by atoms with Gasteiger partial charge in [0.2, 0.25) is 0 Å². The van der Waals surface area contributed by atoms with E-state index in [9.17, 15) is 4.79 Å². The van der Waals surface area contributed by atoms with Crippen molar-refractivity contribution in [1.82, 2.24) is 4.90 Å². The van der Waals surface area contributed by atoms with Crippen molar-refractivity contribution in [2.75, 3.05) is 7.05 Å². The molecule has 0 fully saturated rings. The van der Waals surface area contributed by atoms with E-state index in [0.717, 1.165) is 16.7 Å². The molecule has 2 aromatic rings. The first-order valence-corrected chi connectivity index (χ1v) is 7.78. The molecule has 1 unspecified atom stereocenters. The fourth-order valence-electron chi connectivity index (χ4n) is 2.69. The number of hydrogen-bond acceptors (Lipinski definition) is 3. The molecule has 0 saturated heterocycles. The maximum absolute atomic E-state index is 12.5. The van der Waals surface area contributed by atoms with Gasteiger partial charge in [-0.15, -0.1) is 0 Å². The van der Waals surface area contributed by atoms with Gasteiger partial charge >= 0.3 is 0 Å². The van der Waals surface area contributed by atoms with Crippen molar-refractivity contribution in [3.8, 4) is 11.1 Å². The smallest absolute Gasteiger partial charge is 0.261 e. The number of carbonyl (C=O) groups is 1. The highest BCUT2D eigenvalue weighted by atomic mass is 35.5. The van der Waals surface area contributed by atoms with E-state index in [1.54, 1.807) is 20.0 Å². The molecule has 0 bridgehead atoms. The average molecular weight is 348 g/mol. The van der Waals surface area contributed by atoms with Crippen LogP contribution in [0, 0.1) is 0 Å². The second-order valence-corrected chi connectivity index (χ2v) is 6.37. The zero-order valence-corrected chi connectivity index (χ0v) is 14.2. The largest absolute Gasteiger partial charge is 0.369 e. The van der Waals surface area contributed by atoms with Crippen LogP contribution in [0.3, 0.4) is 0 Å². The summed E-state index contributed by atoms with van der Waals surface area (Å²) >= 11 is 12.4. The van der Waals surface area contributed by atoms with Crippen molar-refractivity contribution < 1.29 is 4.79 Å². The van der Waals surface area contributed by atoms with E-state index in [-0.39, 0.29) is 11.9 Å². The Morgan fingerprint density at radius 3 is 2.52 bits per heavy atom. The second-order valence-electron chi connectivity index (χ2n) is 5.59. The number of amides is 1. The lowest BCUT2D eigenvalue weighted by molar-refractivity contribution is -0.130. The molecule has 6 heteroatoms. The SMILES string of the molecule is CN1C(=O)C(C)(c2cccc(-c3cccc(Cl)c3Cl)c2)N=C1N. The number of carbonyl (C=O) groups excluding carboxylic acids is 1. The molecule has 4 nitrogen and oxygen atoms in total. The van der Waals surface area contributed by atoms with Crippen LogP contribution in [0.1, 0.15) is 12.5 Å². The standard InChI is InChI=1S/C17H15Cl2N3O/c1-17(15(23)22(2)16(20)21-17)11-6-3-5-10(9-11)12-7-4-8-13(18)14(12)19/h3-9H,1-2H3,(H2,20,21). The summed E-state index contributed by atoms with van der Waals surface area (Å²) < 4.78 is 0. The molecule has 0 saturated carbocycles. The van der Waals surface area contributed by atoms with Crippen LogP contribution in [-0.2, 0) is 10.3 Å². The molecule has 3 rings (SSSR count). The number of guanidine groups is 1. The maximum Gasteiger partial charge on any atom is 0.261 e. The molecule has 2 N–H and O–H groups in total. The molecular weight excluding hydrogens is 333 g/mol. The van der Waals surface area contributed by atoms with Gasteiger partial charge in [0.25, 0.3) is 5.91 Å². The normalized spacial score (nSPS) is 20.8. The van der Waals surface area contributed by atoms with E-state index in [1.165, 1.54) is 4.90 Å². The summed E-state index contributed by atoms with van der Waals surface area (Å²) in [4.78, 5) is 18.2. The zero-order chi connectivity index (χ0) is 16.8. The van der Waals surface area contributed by atoms with Crippen LogP contribution in [0.2, 0.25) is 10.0 Å². The summed E-state index contributed by atoms with van der Waals surface area (Å²) in [6.07, 6.45) is 0. The lowest BCUT2D eigenvalue weighted by Gasteiger charge is -2.21. The van der Waals surface area contributed by atoms with Crippen molar-refractivity contribution in [3.05, 3.63) is 58.1 Å². The van der Waals surface area contributed by atoms with Gasteiger partial charge in [0, 0.05) is 12.6 Å². The van der Waals surface area contributed by atoms with Gasteiger partial charge in [-0.25, -0.2) is 4.99 Å². The highest BCUT2D eigenvalue weighted by molar-refractivity contribution is 6.43. The van der Waals surface area contributed by atoms with Crippen LogP contribution < -0.4 is 5.73 Å². The Morgan fingerprint density at radius 1 is 1.17 bits per heavy atom. The lowest BCUT2D eigenvalue weighted by Crippen LogP contribution is -2.38. The monoisotopic (exact) mass is 347 g/mol. The Hall–Kier alpha value is -2.04. The summed E-state index contributed by atoms with van der Waals surface area (Å²) in [6.45, 7) is 1.75. The number of nitrogens with zero attached hydrogens (tertiary/aromatic N) is 2. The van der Waals surface area contributed by atoms with Crippen molar-refractivity contribution in [1.29, 1.82) is 0 Å². The number of hydrogen-bond donors (Lipinski definition) is 1. The number of benzene rings is 2. The predicted octanol–water partition coefficient (Wildman–Crippen LogP) is 3.66. The fraction of sp³-hybridized carbons (Fsp3) is 0.176. The molecule has 1 aliphatic heterocycles. The summed E-state index contributed by atoms with van der Waals surface area (Å²) in [5, 5.41) is 0.967. The van der Waals surface area contributed by atoms with Crippen molar-refractivity contribution >= 4 is 35.1 Å². The minimum Gasteiger partial charge on any atom is -0.369 e. The Bertz CT molecular complexity index is 834. The van der Waals surface area contributed by atoms with Crippen LogP contribution in [0.4, 0.5) is 0 Å². The summed E-state index contributed by atoms with van der Waals surface area (Å²) in [6, 6.07) is 13.0. The third kappa shape index (κ3) is 2.48. The second kappa shape index (κ2) is 5.55. The first-order chi connectivity index (χ1) is 10.8. The van der Waals surface area contributed by atoms with Crippen LogP contribution in [-0.4, -0.2) is 23.8 Å². The molecule has 0 aromatic heterocycles. The van der Waals surface area contributed by atoms with Gasteiger partial charge in [0.1, 0.15) is 0 Å². The Labute approximate surface area is 144 Å². The van der Waals surface area contributed by atoms with E-state index in [0.29, 0.717) is 10.0 Å². The number of nitrogens with two attached hydrogens (primary N) is 1. The first-order valence-electron chi connectivity index (χ1n) is 7.03. The molecule has 0 radical (unpaired) electrons. The molecule has 1 heterocycles. The number of likely N-dealkylation sites (N-methyl/N-ethyl adjacent to an activating group) is 1. The molecule has 0 spiro atoms. The van der Waals surface area contributed by atoms with Crippen molar-refractivity contribution in [2.24, 2.45) is 10.7 Å². The molecule has 118 valence electrons. The van der Waals surface area contributed by atoms with Gasteiger partial charge in [-0.1, -0.05) is 53.5 Å². The van der Waals surface area contributed by atoms with Crippen LogP contribution in [0.5, 0.6) is 0 Å². The van der Waals surface area contributed by atoms with Gasteiger partial charge < -0.3 is 5.73 Å².